The van der Waals surface area contributed by atoms with Crippen LogP contribution in [-0.2, 0) is 13.0 Å². The highest BCUT2D eigenvalue weighted by Crippen LogP contribution is 2.31. The molecular weight excluding hydrogens is 350 g/mol. The van der Waals surface area contributed by atoms with E-state index < -0.39 is 0 Å². The first-order valence-electron chi connectivity index (χ1n) is 9.29. The number of aromatic nitrogens is 1. The van der Waals surface area contributed by atoms with Gasteiger partial charge in [-0.2, -0.15) is 0 Å². The average molecular weight is 367 g/mol. The van der Waals surface area contributed by atoms with E-state index >= 15 is 0 Å². The minimum Gasteiger partial charge on any atom is -0.336 e. The molecule has 4 heteroatoms. The third kappa shape index (κ3) is 2.21. The second-order valence-corrected chi connectivity index (χ2v) is 7.23. The lowest BCUT2D eigenvalue weighted by atomic mass is 10.1. The predicted molar refractivity (Wildman–Crippen MR) is 113 cm³/mol. The molecule has 0 N–H and O–H groups in total. The molecule has 28 heavy (non-hydrogen) atoms. The van der Waals surface area contributed by atoms with E-state index in [9.17, 15) is 14.4 Å². The van der Waals surface area contributed by atoms with Crippen molar-refractivity contribution in [1.82, 2.24) is 4.57 Å². The minimum absolute atomic E-state index is 0.172. The number of benzene rings is 3. The van der Waals surface area contributed by atoms with Gasteiger partial charge in [0.2, 0.25) is 5.43 Å². The van der Waals surface area contributed by atoms with E-state index in [1.807, 2.05) is 53.1 Å². The standard InChI is InChI=1S/C24H17NO3/c1-14-13-18(26)19-20-21(16-9-5-6-10-17(16)24(20)28)25(22(19)23(14)27)12-11-15-7-3-2-4-8-15/h2-10,13H,11-12H2,1H3. The van der Waals surface area contributed by atoms with Crippen LogP contribution in [0.4, 0.5) is 0 Å². The van der Waals surface area contributed by atoms with Crippen molar-refractivity contribution in [2.75, 3.05) is 0 Å². The largest absolute Gasteiger partial charge is 0.336 e. The van der Waals surface area contributed by atoms with Gasteiger partial charge in [-0.3, -0.25) is 14.4 Å². The van der Waals surface area contributed by atoms with Crippen molar-refractivity contribution >= 4 is 32.6 Å². The third-order valence-electron chi connectivity index (χ3n) is 5.55. The Morgan fingerprint density at radius 1 is 0.750 bits per heavy atom. The molecule has 0 saturated heterocycles. The van der Waals surface area contributed by atoms with Crippen LogP contribution in [0.15, 0.2) is 75.0 Å². The van der Waals surface area contributed by atoms with Crippen LogP contribution >= 0.6 is 0 Å². The molecular formula is C24H17NO3. The maximum atomic E-state index is 13.1. The second-order valence-electron chi connectivity index (χ2n) is 7.23. The molecule has 0 bridgehead atoms. The summed E-state index contributed by atoms with van der Waals surface area (Å²) in [5.74, 6) is 0. The predicted octanol–water partition coefficient (Wildman–Crippen LogP) is 3.46. The molecule has 0 spiro atoms. The molecule has 136 valence electrons. The smallest absolute Gasteiger partial charge is 0.206 e. The van der Waals surface area contributed by atoms with E-state index in [0.717, 1.165) is 10.9 Å². The second kappa shape index (κ2) is 5.99. The Morgan fingerprint density at radius 2 is 1.43 bits per heavy atom. The Balaban J connectivity index is 1.92. The number of hydrogen-bond donors (Lipinski definition) is 0. The van der Waals surface area contributed by atoms with E-state index in [1.165, 1.54) is 6.07 Å². The van der Waals surface area contributed by atoms with Crippen LogP contribution in [0.2, 0.25) is 0 Å². The van der Waals surface area contributed by atoms with E-state index in [2.05, 4.69) is 0 Å². The number of fused-ring (bicyclic) bond motifs is 5. The first-order valence-corrected chi connectivity index (χ1v) is 9.29. The van der Waals surface area contributed by atoms with Gasteiger partial charge in [-0.25, -0.2) is 0 Å². The van der Waals surface area contributed by atoms with Gasteiger partial charge in [0, 0.05) is 22.9 Å². The molecule has 5 aromatic rings. The molecule has 0 fully saturated rings. The Hall–Kier alpha value is -3.53. The molecule has 0 atom stereocenters. The molecule has 0 aliphatic carbocycles. The van der Waals surface area contributed by atoms with Crippen molar-refractivity contribution in [1.29, 1.82) is 0 Å². The lowest BCUT2D eigenvalue weighted by Crippen LogP contribution is -2.17. The average Bonchev–Trinajstić information content (AvgIpc) is 3.20. The molecule has 0 radical (unpaired) electrons. The van der Waals surface area contributed by atoms with E-state index in [0.29, 0.717) is 40.3 Å². The molecule has 1 heterocycles. The van der Waals surface area contributed by atoms with Crippen LogP contribution in [-0.4, -0.2) is 4.57 Å². The topological polar surface area (TPSA) is 56.1 Å². The summed E-state index contributed by atoms with van der Waals surface area (Å²) in [4.78, 5) is 38.8. The van der Waals surface area contributed by atoms with Crippen LogP contribution in [0.25, 0.3) is 32.6 Å². The van der Waals surface area contributed by atoms with Crippen LogP contribution in [0.1, 0.15) is 11.1 Å². The molecule has 0 aliphatic heterocycles. The summed E-state index contributed by atoms with van der Waals surface area (Å²) in [5, 5.41) is 2.03. The lowest BCUT2D eigenvalue weighted by Gasteiger charge is -2.08. The zero-order valence-corrected chi connectivity index (χ0v) is 15.4. The SMILES string of the molecule is Cc1cc(=O)c2c3c(=O)c4ccccc4c3n(CCc3ccccc3)c2c1=O. The number of rotatable bonds is 3. The summed E-state index contributed by atoms with van der Waals surface area (Å²) in [7, 11) is 0. The Bertz CT molecular complexity index is 1520. The molecule has 0 saturated carbocycles. The van der Waals surface area contributed by atoms with E-state index in [-0.39, 0.29) is 21.7 Å². The molecule has 4 nitrogen and oxygen atoms in total. The molecule has 4 aromatic carbocycles. The van der Waals surface area contributed by atoms with Crippen molar-refractivity contribution in [2.24, 2.45) is 0 Å². The van der Waals surface area contributed by atoms with Gasteiger partial charge in [0.25, 0.3) is 0 Å². The fourth-order valence-corrected chi connectivity index (χ4v) is 4.25. The molecule has 0 unspecified atom stereocenters. The first kappa shape index (κ1) is 16.6. The summed E-state index contributed by atoms with van der Waals surface area (Å²) in [6.45, 7) is 2.17. The van der Waals surface area contributed by atoms with Crippen LogP contribution in [0.5, 0.6) is 0 Å². The Kier molecular flexibility index (Phi) is 3.56. The zero-order chi connectivity index (χ0) is 19.4. The first-order chi connectivity index (χ1) is 13.6. The quantitative estimate of drug-likeness (QED) is 0.491. The van der Waals surface area contributed by atoms with Crippen molar-refractivity contribution in [3.05, 3.63) is 102 Å². The summed E-state index contributed by atoms with van der Waals surface area (Å²) in [6.07, 6.45) is 0.703. The number of hydrogen-bond acceptors (Lipinski definition) is 3. The summed E-state index contributed by atoms with van der Waals surface area (Å²) >= 11 is 0. The molecule has 5 rings (SSSR count). The van der Waals surface area contributed by atoms with Crippen molar-refractivity contribution in [2.45, 2.75) is 19.9 Å². The maximum absolute atomic E-state index is 13.1. The highest BCUT2D eigenvalue weighted by Gasteiger charge is 2.23. The highest BCUT2D eigenvalue weighted by molar-refractivity contribution is 6.20. The number of aryl methyl sites for hydroxylation is 3. The molecule has 0 aliphatic rings. The third-order valence-corrected chi connectivity index (χ3v) is 5.55. The van der Waals surface area contributed by atoms with E-state index in [1.54, 1.807) is 13.0 Å². The van der Waals surface area contributed by atoms with Crippen molar-refractivity contribution < 1.29 is 0 Å². The molecule has 1 aromatic heterocycles. The van der Waals surface area contributed by atoms with Crippen molar-refractivity contribution in [3.63, 3.8) is 0 Å². The van der Waals surface area contributed by atoms with Gasteiger partial charge in [0.15, 0.2) is 10.9 Å². The maximum Gasteiger partial charge on any atom is 0.206 e. The zero-order valence-electron chi connectivity index (χ0n) is 15.4. The Labute approximate surface area is 160 Å². The molecule has 0 amide bonds. The van der Waals surface area contributed by atoms with Gasteiger partial charge < -0.3 is 4.57 Å². The normalized spacial score (nSPS) is 11.8. The Morgan fingerprint density at radius 3 is 2.18 bits per heavy atom. The van der Waals surface area contributed by atoms with Crippen LogP contribution < -0.4 is 16.3 Å². The van der Waals surface area contributed by atoms with Gasteiger partial charge in [0.05, 0.1) is 16.3 Å². The fraction of sp³-hybridized carbons (Fsp3) is 0.125. The van der Waals surface area contributed by atoms with Crippen LogP contribution in [0.3, 0.4) is 0 Å². The summed E-state index contributed by atoms with van der Waals surface area (Å²) in [6, 6.07) is 18.7. The summed E-state index contributed by atoms with van der Waals surface area (Å²) < 4.78 is 1.89. The van der Waals surface area contributed by atoms with Crippen LogP contribution in [0, 0.1) is 6.92 Å². The van der Waals surface area contributed by atoms with E-state index in [4.69, 9.17) is 0 Å². The lowest BCUT2D eigenvalue weighted by molar-refractivity contribution is 0.745. The summed E-state index contributed by atoms with van der Waals surface area (Å²) in [5.41, 5.74) is 1.99. The fourth-order valence-electron chi connectivity index (χ4n) is 4.25. The highest BCUT2D eigenvalue weighted by atomic mass is 16.1. The minimum atomic E-state index is -0.261. The van der Waals surface area contributed by atoms with Gasteiger partial charge in [0.1, 0.15) is 5.52 Å². The van der Waals surface area contributed by atoms with Gasteiger partial charge in [-0.05, 0) is 25.0 Å². The number of nitrogens with zero attached hydrogens (tertiary/aromatic N) is 1. The van der Waals surface area contributed by atoms with Gasteiger partial charge >= 0.3 is 0 Å². The monoisotopic (exact) mass is 367 g/mol. The van der Waals surface area contributed by atoms with Gasteiger partial charge in [-0.1, -0.05) is 54.6 Å². The van der Waals surface area contributed by atoms with Crippen molar-refractivity contribution in [3.8, 4) is 0 Å². The van der Waals surface area contributed by atoms with Gasteiger partial charge in [-0.15, -0.1) is 0 Å².